The Kier molecular flexibility index (Phi) is 3.94. The largest absolute Gasteiger partial charge is 0.406 e. The molecule has 1 atom stereocenters. The highest BCUT2D eigenvalue weighted by Gasteiger charge is 2.25. The van der Waals surface area contributed by atoms with Crippen LogP contribution in [0.1, 0.15) is 31.3 Å². The van der Waals surface area contributed by atoms with Gasteiger partial charge in [0.15, 0.2) is 0 Å². The van der Waals surface area contributed by atoms with E-state index in [9.17, 15) is 0 Å². The molecule has 0 amide bonds. The molecule has 1 unspecified atom stereocenters. The zero-order chi connectivity index (χ0) is 13.0. The number of nitrogens with two attached hydrogens (primary N) is 1. The third-order valence-corrected chi connectivity index (χ3v) is 2.98. The van der Waals surface area contributed by atoms with Crippen molar-refractivity contribution in [2.45, 2.75) is 19.9 Å². The molecule has 0 radical (unpaired) electrons. The number of aromatic nitrogens is 2. The van der Waals surface area contributed by atoms with E-state index in [4.69, 9.17) is 10.2 Å². The van der Waals surface area contributed by atoms with Gasteiger partial charge in [0.2, 0.25) is 5.89 Å². The Bertz CT molecular complexity index is 479. The maximum absolute atomic E-state index is 5.52. The number of nitrogen functional groups attached to an aromatic ring is 1. The van der Waals surface area contributed by atoms with Gasteiger partial charge < -0.3 is 10.2 Å². The molecule has 96 valence electrons. The maximum atomic E-state index is 5.52. The second-order valence-electron chi connectivity index (χ2n) is 4.01. The van der Waals surface area contributed by atoms with Crippen LogP contribution >= 0.6 is 0 Å². The van der Waals surface area contributed by atoms with Crippen molar-refractivity contribution in [1.82, 2.24) is 15.1 Å². The lowest BCUT2D eigenvalue weighted by Crippen LogP contribution is -2.29. The zero-order valence-corrected chi connectivity index (χ0v) is 10.7. The molecule has 18 heavy (non-hydrogen) atoms. The normalized spacial score (nSPS) is 12.8. The monoisotopic (exact) mass is 246 g/mol. The van der Waals surface area contributed by atoms with Crippen LogP contribution in [0.5, 0.6) is 0 Å². The Morgan fingerprint density at radius 1 is 1.17 bits per heavy atom. The molecule has 0 aliphatic heterocycles. The van der Waals surface area contributed by atoms with E-state index in [0.29, 0.717) is 5.89 Å². The highest BCUT2D eigenvalue weighted by atomic mass is 16.4. The average molecular weight is 246 g/mol. The SMILES string of the molecule is CCN(CC)C(c1ccccc1)c1nnc(N)o1. The number of hydrogen-bond donors (Lipinski definition) is 1. The van der Waals surface area contributed by atoms with Crippen LogP contribution in [0.2, 0.25) is 0 Å². The molecule has 2 aromatic rings. The van der Waals surface area contributed by atoms with Gasteiger partial charge in [-0.25, -0.2) is 0 Å². The molecule has 0 bridgehead atoms. The fourth-order valence-corrected chi connectivity index (χ4v) is 2.09. The summed E-state index contributed by atoms with van der Waals surface area (Å²) in [5.41, 5.74) is 6.65. The molecule has 1 heterocycles. The van der Waals surface area contributed by atoms with Crippen LogP contribution in [0, 0.1) is 0 Å². The van der Waals surface area contributed by atoms with Crippen LogP contribution in [0.4, 0.5) is 6.01 Å². The summed E-state index contributed by atoms with van der Waals surface area (Å²) in [6, 6.07) is 10.2. The Balaban J connectivity index is 2.40. The van der Waals surface area contributed by atoms with Crippen molar-refractivity contribution in [2.75, 3.05) is 18.8 Å². The van der Waals surface area contributed by atoms with E-state index in [2.05, 4.69) is 41.1 Å². The van der Waals surface area contributed by atoms with E-state index < -0.39 is 0 Å². The summed E-state index contributed by atoms with van der Waals surface area (Å²) in [5.74, 6) is 0.544. The van der Waals surface area contributed by atoms with E-state index in [1.807, 2.05) is 18.2 Å². The number of hydrogen-bond acceptors (Lipinski definition) is 5. The predicted octanol–water partition coefficient (Wildman–Crippen LogP) is 2.08. The van der Waals surface area contributed by atoms with Gasteiger partial charge in [-0.2, -0.15) is 0 Å². The van der Waals surface area contributed by atoms with Crippen molar-refractivity contribution < 1.29 is 4.42 Å². The lowest BCUT2D eigenvalue weighted by molar-refractivity contribution is 0.219. The van der Waals surface area contributed by atoms with Gasteiger partial charge in [0.1, 0.15) is 6.04 Å². The Morgan fingerprint density at radius 3 is 2.33 bits per heavy atom. The molecule has 0 aliphatic carbocycles. The Hall–Kier alpha value is -1.88. The summed E-state index contributed by atoms with van der Waals surface area (Å²) >= 11 is 0. The van der Waals surface area contributed by atoms with E-state index in [1.165, 1.54) is 0 Å². The van der Waals surface area contributed by atoms with E-state index in [0.717, 1.165) is 18.7 Å². The lowest BCUT2D eigenvalue weighted by atomic mass is 10.1. The molecular formula is C13H18N4O. The highest BCUT2D eigenvalue weighted by Crippen LogP contribution is 2.27. The fourth-order valence-electron chi connectivity index (χ4n) is 2.09. The van der Waals surface area contributed by atoms with Crippen LogP contribution in [0.3, 0.4) is 0 Å². The minimum atomic E-state index is -0.0361. The van der Waals surface area contributed by atoms with E-state index in [1.54, 1.807) is 0 Å². The van der Waals surface area contributed by atoms with Crippen molar-refractivity contribution in [1.29, 1.82) is 0 Å². The second-order valence-corrected chi connectivity index (χ2v) is 4.01. The molecule has 0 spiro atoms. The number of benzene rings is 1. The summed E-state index contributed by atoms with van der Waals surface area (Å²) < 4.78 is 5.40. The lowest BCUT2D eigenvalue weighted by Gasteiger charge is -2.27. The van der Waals surface area contributed by atoms with Gasteiger partial charge in [0.25, 0.3) is 0 Å². The minimum Gasteiger partial charge on any atom is -0.406 e. The summed E-state index contributed by atoms with van der Waals surface area (Å²) in [7, 11) is 0. The summed E-state index contributed by atoms with van der Waals surface area (Å²) in [6.45, 7) is 6.02. The molecule has 5 nitrogen and oxygen atoms in total. The van der Waals surface area contributed by atoms with E-state index >= 15 is 0 Å². The van der Waals surface area contributed by atoms with Crippen molar-refractivity contribution >= 4 is 6.01 Å². The number of rotatable bonds is 5. The van der Waals surface area contributed by atoms with Gasteiger partial charge in [-0.3, -0.25) is 4.90 Å². The van der Waals surface area contributed by atoms with Crippen LogP contribution in [0.15, 0.2) is 34.7 Å². The molecular weight excluding hydrogens is 228 g/mol. The van der Waals surface area contributed by atoms with Crippen LogP contribution < -0.4 is 5.73 Å². The standard InChI is InChI=1S/C13H18N4O/c1-3-17(4-2)11(10-8-6-5-7-9-10)12-15-16-13(14)18-12/h5-9,11H,3-4H2,1-2H3,(H2,14,16). The fraction of sp³-hybridized carbons (Fsp3) is 0.385. The molecule has 0 saturated heterocycles. The Morgan fingerprint density at radius 2 is 1.83 bits per heavy atom. The first-order valence-corrected chi connectivity index (χ1v) is 6.14. The first-order chi connectivity index (χ1) is 8.76. The first-order valence-electron chi connectivity index (χ1n) is 6.14. The first kappa shape index (κ1) is 12.6. The van der Waals surface area contributed by atoms with Gasteiger partial charge >= 0.3 is 6.01 Å². The summed E-state index contributed by atoms with van der Waals surface area (Å²) in [5, 5.41) is 7.77. The predicted molar refractivity (Wildman–Crippen MR) is 69.9 cm³/mol. The molecule has 5 heteroatoms. The van der Waals surface area contributed by atoms with Crippen LogP contribution in [-0.2, 0) is 0 Å². The molecule has 0 saturated carbocycles. The van der Waals surface area contributed by atoms with Crippen molar-refractivity contribution in [2.24, 2.45) is 0 Å². The average Bonchev–Trinajstić information content (AvgIpc) is 2.83. The quantitative estimate of drug-likeness (QED) is 0.874. The van der Waals surface area contributed by atoms with Gasteiger partial charge in [-0.05, 0) is 18.7 Å². The zero-order valence-electron chi connectivity index (χ0n) is 10.7. The maximum Gasteiger partial charge on any atom is 0.312 e. The van der Waals surface area contributed by atoms with Gasteiger partial charge in [-0.1, -0.05) is 49.3 Å². The Labute approximate surface area is 107 Å². The topological polar surface area (TPSA) is 68.2 Å². The molecule has 1 aromatic heterocycles. The molecule has 2 N–H and O–H groups in total. The molecule has 0 fully saturated rings. The van der Waals surface area contributed by atoms with Crippen LogP contribution in [0.25, 0.3) is 0 Å². The summed E-state index contributed by atoms with van der Waals surface area (Å²) in [6.07, 6.45) is 0. The van der Waals surface area contributed by atoms with Gasteiger partial charge in [-0.15, -0.1) is 5.10 Å². The van der Waals surface area contributed by atoms with Gasteiger partial charge in [0, 0.05) is 0 Å². The van der Waals surface area contributed by atoms with Crippen molar-refractivity contribution in [3.8, 4) is 0 Å². The van der Waals surface area contributed by atoms with Crippen LogP contribution in [-0.4, -0.2) is 28.2 Å². The minimum absolute atomic E-state index is 0.0361. The third kappa shape index (κ3) is 2.51. The molecule has 1 aromatic carbocycles. The number of nitrogens with zero attached hydrogens (tertiary/aromatic N) is 3. The second kappa shape index (κ2) is 5.64. The van der Waals surface area contributed by atoms with E-state index in [-0.39, 0.29) is 12.1 Å². The van der Waals surface area contributed by atoms with Crippen molar-refractivity contribution in [3.05, 3.63) is 41.8 Å². The highest BCUT2D eigenvalue weighted by molar-refractivity contribution is 5.24. The summed E-state index contributed by atoms with van der Waals surface area (Å²) in [4.78, 5) is 2.25. The third-order valence-electron chi connectivity index (χ3n) is 2.98. The van der Waals surface area contributed by atoms with Gasteiger partial charge in [0.05, 0.1) is 0 Å². The smallest absolute Gasteiger partial charge is 0.312 e. The van der Waals surface area contributed by atoms with Crippen molar-refractivity contribution in [3.63, 3.8) is 0 Å². The molecule has 2 rings (SSSR count). The number of anilines is 1. The molecule has 0 aliphatic rings.